The number of aliphatic imine (C=N–C) groups is 1. The largest absolute Gasteiger partial charge is 0.262 e. The van der Waals surface area contributed by atoms with Gasteiger partial charge in [0.05, 0.1) is 0 Å². The molecule has 2 aromatic carbocycles. The molecule has 3 heteroatoms. The molecule has 1 heterocycles. The third kappa shape index (κ3) is 11.8. The summed E-state index contributed by atoms with van der Waals surface area (Å²) in [7, 11) is 0. The Bertz CT molecular complexity index is 1240. The highest BCUT2D eigenvalue weighted by molar-refractivity contribution is 5.99. The summed E-state index contributed by atoms with van der Waals surface area (Å²) < 4.78 is 13.0. The van der Waals surface area contributed by atoms with E-state index in [0.29, 0.717) is 0 Å². The van der Waals surface area contributed by atoms with Crippen molar-refractivity contribution in [2.45, 2.75) is 68.7 Å². The molecule has 0 saturated heterocycles. The van der Waals surface area contributed by atoms with Crippen LogP contribution in [0, 0.1) is 12.7 Å². The van der Waals surface area contributed by atoms with Gasteiger partial charge in [0.1, 0.15) is 5.82 Å². The molecule has 1 aromatic heterocycles. The number of benzene rings is 2. The van der Waals surface area contributed by atoms with Crippen molar-refractivity contribution in [3.63, 3.8) is 0 Å². The van der Waals surface area contributed by atoms with Gasteiger partial charge in [-0.1, -0.05) is 74.0 Å². The molecule has 0 saturated carbocycles. The molecule has 0 radical (unpaired) electrons. The molecule has 0 amide bonds. The van der Waals surface area contributed by atoms with Gasteiger partial charge in [-0.2, -0.15) is 0 Å². The Labute approximate surface area is 224 Å². The van der Waals surface area contributed by atoms with Crippen LogP contribution in [0.3, 0.4) is 0 Å². The number of nitrogens with zero attached hydrogens (tertiary/aromatic N) is 2. The van der Waals surface area contributed by atoms with Crippen molar-refractivity contribution < 1.29 is 4.39 Å². The van der Waals surface area contributed by atoms with Gasteiger partial charge in [0.25, 0.3) is 0 Å². The fourth-order valence-corrected chi connectivity index (χ4v) is 3.76. The Hall–Kier alpha value is -3.59. The van der Waals surface area contributed by atoms with Crippen LogP contribution in [0.2, 0.25) is 0 Å². The second-order valence-electron chi connectivity index (χ2n) is 9.34. The number of aromatic nitrogens is 1. The Kier molecular flexibility index (Phi) is 13.8. The summed E-state index contributed by atoms with van der Waals surface area (Å²) in [5.74, 6) is -0.234. The first-order valence-corrected chi connectivity index (χ1v) is 12.5. The van der Waals surface area contributed by atoms with Crippen LogP contribution in [0.4, 0.5) is 4.39 Å². The molecule has 2 nitrogen and oxygen atoms in total. The number of halogens is 1. The van der Waals surface area contributed by atoms with E-state index in [2.05, 4.69) is 72.4 Å². The molecule has 0 aliphatic carbocycles. The third-order valence-electron chi connectivity index (χ3n) is 5.44. The Morgan fingerprint density at radius 2 is 1.62 bits per heavy atom. The Morgan fingerprint density at radius 1 is 0.919 bits per heavy atom. The lowest BCUT2D eigenvalue weighted by Crippen LogP contribution is -1.94. The van der Waals surface area contributed by atoms with E-state index in [4.69, 9.17) is 0 Å². The smallest absolute Gasteiger partial charge is 0.123 e. The molecule has 0 spiro atoms. The molecule has 0 fully saturated rings. The summed E-state index contributed by atoms with van der Waals surface area (Å²) in [6.45, 7) is 14.4. The first kappa shape index (κ1) is 31.4. The quantitative estimate of drug-likeness (QED) is 0.181. The molecule has 37 heavy (non-hydrogen) atoms. The average Bonchev–Trinajstić information content (AvgIpc) is 2.83. The zero-order valence-corrected chi connectivity index (χ0v) is 22.8. The van der Waals surface area contributed by atoms with Gasteiger partial charge in [0.2, 0.25) is 0 Å². The molecule has 0 aliphatic rings. The molecule has 3 rings (SSSR count). The highest BCUT2D eigenvalue weighted by Crippen LogP contribution is 2.21. The number of pyridine rings is 1. The average molecular weight is 499 g/mol. The maximum absolute atomic E-state index is 13.0. The van der Waals surface area contributed by atoms with Crippen LogP contribution in [0.1, 0.15) is 72.2 Å². The van der Waals surface area contributed by atoms with Gasteiger partial charge in [-0.05, 0) is 106 Å². The number of hydrogen-bond donors (Lipinski definition) is 0. The molecule has 196 valence electrons. The monoisotopic (exact) mass is 498 g/mol. The van der Waals surface area contributed by atoms with Gasteiger partial charge in [-0.25, -0.2) is 4.39 Å². The minimum absolute atomic E-state index is 0. The normalized spacial score (nSPS) is 11.7. The second kappa shape index (κ2) is 16.2. The first-order chi connectivity index (χ1) is 17.2. The maximum atomic E-state index is 13.0. The van der Waals surface area contributed by atoms with Crippen molar-refractivity contribution >= 4 is 5.71 Å². The van der Waals surface area contributed by atoms with Crippen LogP contribution in [0.25, 0.3) is 11.1 Å². The molecule has 0 N–H and O–H groups in total. The predicted molar refractivity (Wildman–Crippen MR) is 161 cm³/mol. The maximum Gasteiger partial charge on any atom is 0.123 e. The van der Waals surface area contributed by atoms with E-state index in [9.17, 15) is 4.39 Å². The minimum atomic E-state index is -0.234. The van der Waals surface area contributed by atoms with Gasteiger partial charge >= 0.3 is 0 Å². The molecule has 3 aromatic rings. The van der Waals surface area contributed by atoms with Crippen LogP contribution in [-0.4, -0.2) is 10.7 Å². The highest BCUT2D eigenvalue weighted by Gasteiger charge is 2.00. The molecule has 0 atom stereocenters. The van der Waals surface area contributed by atoms with E-state index in [-0.39, 0.29) is 13.2 Å². The zero-order valence-electron chi connectivity index (χ0n) is 22.8. The SMILES string of the molecule is C.CC(C)=C/C(C)=C\N=C(C)c1cccc(F)c1.CC/C=C(\C)Cc1ccc(-c2ccnc(C)c2)cc1. The van der Waals surface area contributed by atoms with E-state index >= 15 is 0 Å². The van der Waals surface area contributed by atoms with E-state index in [0.717, 1.165) is 35.4 Å². The van der Waals surface area contributed by atoms with E-state index in [1.54, 1.807) is 12.3 Å². The first-order valence-electron chi connectivity index (χ1n) is 12.5. The predicted octanol–water partition coefficient (Wildman–Crippen LogP) is 10.1. The Morgan fingerprint density at radius 3 is 2.22 bits per heavy atom. The number of rotatable bonds is 7. The van der Waals surface area contributed by atoms with Crippen molar-refractivity contribution in [3.05, 3.63) is 125 Å². The number of hydrogen-bond acceptors (Lipinski definition) is 2. The summed E-state index contributed by atoms with van der Waals surface area (Å²) >= 11 is 0. The van der Waals surface area contributed by atoms with Gasteiger partial charge in [-0.15, -0.1) is 0 Å². The van der Waals surface area contributed by atoms with E-state index in [1.807, 2.05) is 46.9 Å². The zero-order chi connectivity index (χ0) is 26.5. The van der Waals surface area contributed by atoms with Crippen molar-refractivity contribution in [1.82, 2.24) is 4.98 Å². The van der Waals surface area contributed by atoms with Gasteiger partial charge in [0, 0.05) is 23.8 Å². The topological polar surface area (TPSA) is 25.2 Å². The van der Waals surface area contributed by atoms with Crippen LogP contribution in [0.5, 0.6) is 0 Å². The van der Waals surface area contributed by atoms with Crippen LogP contribution >= 0.6 is 0 Å². The summed E-state index contributed by atoms with van der Waals surface area (Å²) in [5, 5.41) is 0. The van der Waals surface area contributed by atoms with E-state index < -0.39 is 0 Å². The fourth-order valence-electron chi connectivity index (χ4n) is 3.76. The van der Waals surface area contributed by atoms with Crippen LogP contribution < -0.4 is 0 Å². The minimum Gasteiger partial charge on any atom is -0.262 e. The molecular weight excluding hydrogens is 455 g/mol. The van der Waals surface area contributed by atoms with Crippen molar-refractivity contribution in [1.29, 1.82) is 0 Å². The van der Waals surface area contributed by atoms with Crippen molar-refractivity contribution in [2.24, 2.45) is 4.99 Å². The summed E-state index contributed by atoms with van der Waals surface area (Å²) in [6.07, 6.45) is 10.2. The van der Waals surface area contributed by atoms with Gasteiger partial charge in [0.15, 0.2) is 0 Å². The molecule has 0 unspecified atom stereocenters. The lowest BCUT2D eigenvalue weighted by molar-refractivity contribution is 0.627. The van der Waals surface area contributed by atoms with Crippen LogP contribution in [0.15, 0.2) is 107 Å². The number of aryl methyl sites for hydroxylation is 1. The fraction of sp³-hybridized carbons (Fsp3) is 0.294. The molecule has 0 bridgehead atoms. The van der Waals surface area contributed by atoms with Gasteiger partial charge < -0.3 is 0 Å². The van der Waals surface area contributed by atoms with Crippen molar-refractivity contribution in [3.8, 4) is 11.1 Å². The standard InChI is InChI=1S/C18H21N.C15H18FN.CH4/c1-4-5-14(2)12-16-6-8-17(9-7-16)18-10-11-19-15(3)13-18;1-11(2)8-12(3)10-17-13(4)14-6-5-7-15(16)9-14;/h5-11,13H,4,12H2,1-3H3;5-10H,1-4H3;1H4/b14-5+;12-10-,17-13?;. The summed E-state index contributed by atoms with van der Waals surface area (Å²) in [4.78, 5) is 8.57. The van der Waals surface area contributed by atoms with Gasteiger partial charge in [-0.3, -0.25) is 9.98 Å². The summed E-state index contributed by atoms with van der Waals surface area (Å²) in [6, 6.07) is 19.5. The lowest BCUT2D eigenvalue weighted by Gasteiger charge is -2.05. The molecular formula is C34H43FN2. The highest BCUT2D eigenvalue weighted by atomic mass is 19.1. The third-order valence-corrected chi connectivity index (χ3v) is 5.44. The summed E-state index contributed by atoms with van der Waals surface area (Å²) in [5.41, 5.74) is 10.3. The van der Waals surface area contributed by atoms with Crippen molar-refractivity contribution in [2.75, 3.05) is 0 Å². The van der Waals surface area contributed by atoms with E-state index in [1.165, 1.54) is 40.0 Å². The molecule has 0 aliphatic heterocycles. The van der Waals surface area contributed by atoms with Crippen LogP contribution in [-0.2, 0) is 6.42 Å². The lowest BCUT2D eigenvalue weighted by atomic mass is 10.0. The number of allylic oxidation sites excluding steroid dienone is 5. The Balaban J connectivity index is 0.000000363. The second-order valence-corrected chi connectivity index (χ2v) is 9.34.